The van der Waals surface area contributed by atoms with Crippen LogP contribution in [0.3, 0.4) is 0 Å². The number of nitrogens with one attached hydrogen (secondary N) is 1. The van der Waals surface area contributed by atoms with Gasteiger partial charge in [0.2, 0.25) is 0 Å². The number of alkyl halides is 3. The first-order valence-corrected chi connectivity index (χ1v) is 6.40. The van der Waals surface area contributed by atoms with E-state index < -0.39 is 12.1 Å². The quantitative estimate of drug-likeness (QED) is 0.827. The smallest absolute Gasteiger partial charge is 0.313 e. The molecule has 2 nitrogen and oxygen atoms in total. The molecule has 1 aliphatic rings. The number of hydrogen-bond acceptors (Lipinski definition) is 2. The number of likely N-dealkylation sites (tertiary alicyclic amines) is 1. The Bertz CT molecular complexity index is 222. The summed E-state index contributed by atoms with van der Waals surface area (Å²) in [5.74, 6) is -1.10. The topological polar surface area (TPSA) is 15.3 Å². The van der Waals surface area contributed by atoms with Gasteiger partial charge in [0.15, 0.2) is 0 Å². The average Bonchev–Trinajstić information content (AvgIpc) is 2.27. The van der Waals surface area contributed by atoms with Crippen molar-refractivity contribution in [2.75, 3.05) is 19.6 Å². The summed E-state index contributed by atoms with van der Waals surface area (Å²) in [6.45, 7) is 8.22. The van der Waals surface area contributed by atoms with Gasteiger partial charge < -0.3 is 5.32 Å². The molecule has 0 saturated carbocycles. The van der Waals surface area contributed by atoms with E-state index in [-0.39, 0.29) is 12.8 Å². The van der Waals surface area contributed by atoms with Crippen molar-refractivity contribution in [2.45, 2.75) is 51.9 Å². The normalized spacial score (nSPS) is 23.6. The Morgan fingerprint density at radius 3 is 2.18 bits per heavy atom. The van der Waals surface area contributed by atoms with E-state index in [1.807, 2.05) is 6.92 Å². The van der Waals surface area contributed by atoms with Crippen molar-refractivity contribution in [3.05, 3.63) is 0 Å². The number of likely N-dealkylation sites (N-methyl/N-ethyl adjacent to an activating group) is 1. The Morgan fingerprint density at radius 1 is 1.24 bits per heavy atom. The van der Waals surface area contributed by atoms with Crippen LogP contribution >= 0.6 is 0 Å². The Labute approximate surface area is 102 Å². The lowest BCUT2D eigenvalue weighted by atomic mass is 9.94. The second-order valence-electron chi connectivity index (χ2n) is 4.94. The number of nitrogens with zero attached hydrogens (tertiary/aromatic N) is 1. The Balaban J connectivity index is 2.41. The highest BCUT2D eigenvalue weighted by molar-refractivity contribution is 4.83. The maximum Gasteiger partial charge on any atom is 0.391 e. The minimum Gasteiger partial charge on any atom is -0.313 e. The van der Waals surface area contributed by atoms with Gasteiger partial charge in [-0.3, -0.25) is 4.90 Å². The second kappa shape index (κ2) is 6.05. The van der Waals surface area contributed by atoms with Gasteiger partial charge in [-0.05, 0) is 46.3 Å². The van der Waals surface area contributed by atoms with Crippen molar-refractivity contribution < 1.29 is 13.2 Å². The summed E-state index contributed by atoms with van der Waals surface area (Å²) in [4.78, 5) is 2.16. The molecule has 1 heterocycles. The van der Waals surface area contributed by atoms with Crippen LogP contribution in [0.4, 0.5) is 13.2 Å². The zero-order valence-electron chi connectivity index (χ0n) is 10.8. The van der Waals surface area contributed by atoms with Gasteiger partial charge in [0.05, 0.1) is 5.92 Å². The fourth-order valence-corrected chi connectivity index (χ4v) is 2.44. The molecule has 0 aromatic rings. The number of piperidine rings is 1. The van der Waals surface area contributed by atoms with Crippen LogP contribution in [0.2, 0.25) is 0 Å². The first-order valence-electron chi connectivity index (χ1n) is 6.40. The maximum absolute atomic E-state index is 12.5. The molecular weight excluding hydrogens is 229 g/mol. The summed E-state index contributed by atoms with van der Waals surface area (Å²) >= 11 is 0. The lowest BCUT2D eigenvalue weighted by Gasteiger charge is -2.39. The Morgan fingerprint density at radius 2 is 1.76 bits per heavy atom. The van der Waals surface area contributed by atoms with E-state index in [0.717, 1.165) is 6.54 Å². The Hall–Kier alpha value is -0.290. The van der Waals surface area contributed by atoms with E-state index in [0.29, 0.717) is 25.2 Å². The van der Waals surface area contributed by atoms with Crippen LogP contribution in [0.15, 0.2) is 0 Å². The highest BCUT2D eigenvalue weighted by Gasteiger charge is 2.41. The highest BCUT2D eigenvalue weighted by atomic mass is 19.4. The van der Waals surface area contributed by atoms with Crippen molar-refractivity contribution in [1.29, 1.82) is 0 Å². The summed E-state index contributed by atoms with van der Waals surface area (Å²) in [5, 5.41) is 3.32. The van der Waals surface area contributed by atoms with Crippen molar-refractivity contribution in [1.82, 2.24) is 10.2 Å². The van der Waals surface area contributed by atoms with Crippen LogP contribution in [-0.4, -0.2) is 42.8 Å². The van der Waals surface area contributed by atoms with E-state index in [1.165, 1.54) is 0 Å². The SMILES string of the molecule is CCNC(C)C(C)N1CCC(C(F)(F)F)CC1. The van der Waals surface area contributed by atoms with Crippen molar-refractivity contribution in [2.24, 2.45) is 5.92 Å². The summed E-state index contributed by atoms with van der Waals surface area (Å²) in [7, 11) is 0. The van der Waals surface area contributed by atoms with Crippen molar-refractivity contribution >= 4 is 0 Å². The van der Waals surface area contributed by atoms with Crippen molar-refractivity contribution in [3.63, 3.8) is 0 Å². The zero-order chi connectivity index (χ0) is 13.1. The van der Waals surface area contributed by atoms with Crippen molar-refractivity contribution in [3.8, 4) is 0 Å². The summed E-state index contributed by atoms with van der Waals surface area (Å²) in [5.41, 5.74) is 0. The fourth-order valence-electron chi connectivity index (χ4n) is 2.44. The van der Waals surface area contributed by atoms with E-state index in [2.05, 4.69) is 24.1 Å². The monoisotopic (exact) mass is 252 g/mol. The van der Waals surface area contributed by atoms with Gasteiger partial charge in [-0.2, -0.15) is 13.2 Å². The Kier molecular flexibility index (Phi) is 5.25. The standard InChI is InChI=1S/C12H23F3N2/c1-4-16-9(2)10(3)17-7-5-11(6-8-17)12(13,14)15/h9-11,16H,4-8H2,1-3H3. The molecule has 1 N–H and O–H groups in total. The van der Waals surface area contributed by atoms with Crippen LogP contribution < -0.4 is 5.32 Å². The second-order valence-corrected chi connectivity index (χ2v) is 4.94. The molecule has 0 aliphatic carbocycles. The summed E-state index contributed by atoms with van der Waals surface area (Å²) < 4.78 is 37.6. The molecule has 1 aliphatic heterocycles. The third kappa shape index (κ3) is 4.14. The van der Waals surface area contributed by atoms with Gasteiger partial charge in [0.1, 0.15) is 0 Å². The van der Waals surface area contributed by atoms with Gasteiger partial charge in [-0.25, -0.2) is 0 Å². The zero-order valence-corrected chi connectivity index (χ0v) is 10.8. The van der Waals surface area contributed by atoms with Crippen LogP contribution in [0.25, 0.3) is 0 Å². The lowest BCUT2D eigenvalue weighted by Crippen LogP contribution is -2.50. The van der Waals surface area contributed by atoms with Crippen LogP contribution in [-0.2, 0) is 0 Å². The van der Waals surface area contributed by atoms with E-state index in [1.54, 1.807) is 0 Å². The van der Waals surface area contributed by atoms with Gasteiger partial charge in [-0.1, -0.05) is 6.92 Å². The third-order valence-electron chi connectivity index (χ3n) is 3.82. The molecule has 0 radical (unpaired) electrons. The molecular formula is C12H23F3N2. The number of halogens is 3. The van der Waals surface area contributed by atoms with E-state index in [4.69, 9.17) is 0 Å². The number of rotatable bonds is 4. The third-order valence-corrected chi connectivity index (χ3v) is 3.82. The summed E-state index contributed by atoms with van der Waals surface area (Å²) in [6, 6.07) is 0.617. The molecule has 2 unspecified atom stereocenters. The van der Waals surface area contributed by atoms with Crippen LogP contribution in [0, 0.1) is 5.92 Å². The molecule has 0 aromatic carbocycles. The molecule has 0 amide bonds. The lowest BCUT2D eigenvalue weighted by molar-refractivity contribution is -0.186. The number of hydrogen-bond donors (Lipinski definition) is 1. The van der Waals surface area contributed by atoms with Gasteiger partial charge in [0, 0.05) is 12.1 Å². The largest absolute Gasteiger partial charge is 0.391 e. The molecule has 102 valence electrons. The molecule has 17 heavy (non-hydrogen) atoms. The molecule has 1 fully saturated rings. The molecule has 0 aromatic heterocycles. The highest BCUT2D eigenvalue weighted by Crippen LogP contribution is 2.34. The molecule has 0 spiro atoms. The first kappa shape index (κ1) is 14.8. The van der Waals surface area contributed by atoms with Crippen LogP contribution in [0.1, 0.15) is 33.6 Å². The van der Waals surface area contributed by atoms with E-state index in [9.17, 15) is 13.2 Å². The van der Waals surface area contributed by atoms with E-state index >= 15 is 0 Å². The predicted octanol–water partition coefficient (Wildman–Crippen LogP) is 2.65. The predicted molar refractivity (Wildman–Crippen MR) is 63.0 cm³/mol. The average molecular weight is 252 g/mol. The molecule has 1 saturated heterocycles. The fraction of sp³-hybridized carbons (Fsp3) is 1.00. The molecule has 1 rings (SSSR count). The minimum atomic E-state index is -4.01. The first-order chi connectivity index (χ1) is 7.86. The maximum atomic E-state index is 12.5. The van der Waals surface area contributed by atoms with Gasteiger partial charge >= 0.3 is 6.18 Å². The summed E-state index contributed by atoms with van der Waals surface area (Å²) in [6.07, 6.45) is -3.53. The van der Waals surface area contributed by atoms with Gasteiger partial charge in [-0.15, -0.1) is 0 Å². The molecule has 2 atom stereocenters. The molecule has 0 bridgehead atoms. The minimum absolute atomic E-state index is 0.243. The van der Waals surface area contributed by atoms with Crippen LogP contribution in [0.5, 0.6) is 0 Å². The van der Waals surface area contributed by atoms with Gasteiger partial charge in [0.25, 0.3) is 0 Å². The molecule has 5 heteroatoms.